The van der Waals surface area contributed by atoms with E-state index in [2.05, 4.69) is 6.92 Å². The summed E-state index contributed by atoms with van der Waals surface area (Å²) in [6.07, 6.45) is 0.170. The van der Waals surface area contributed by atoms with Crippen molar-refractivity contribution >= 4 is 17.7 Å². The van der Waals surface area contributed by atoms with Gasteiger partial charge in [0.2, 0.25) is 0 Å². The van der Waals surface area contributed by atoms with Crippen LogP contribution in [0.2, 0.25) is 0 Å². The summed E-state index contributed by atoms with van der Waals surface area (Å²) in [5.74, 6) is 0.696. The van der Waals surface area contributed by atoms with Crippen LogP contribution in [0.15, 0.2) is 48.5 Å². The highest BCUT2D eigenvalue weighted by molar-refractivity contribution is 7.99. The molecule has 2 aromatic carbocycles. The van der Waals surface area contributed by atoms with E-state index < -0.39 is 11.7 Å². The molecule has 3 rings (SSSR count). The number of hydrogen-bond acceptors (Lipinski definition) is 2. The summed E-state index contributed by atoms with van der Waals surface area (Å²) < 4.78 is 38.4. The Morgan fingerprint density at radius 1 is 1.07 bits per heavy atom. The number of amides is 1. The minimum Gasteiger partial charge on any atom is -0.322 e. The van der Waals surface area contributed by atoms with Crippen molar-refractivity contribution in [2.45, 2.75) is 44.2 Å². The Bertz CT molecular complexity index is 787. The van der Waals surface area contributed by atoms with Gasteiger partial charge in [-0.2, -0.15) is 13.2 Å². The lowest BCUT2D eigenvalue weighted by Crippen LogP contribution is -2.30. The third-order valence-corrected chi connectivity index (χ3v) is 6.21. The van der Waals surface area contributed by atoms with Gasteiger partial charge in [0.05, 0.1) is 5.56 Å². The zero-order valence-electron chi connectivity index (χ0n) is 15.8. The Kier molecular flexibility index (Phi) is 6.70. The molecule has 0 saturated carbocycles. The van der Waals surface area contributed by atoms with Crippen LogP contribution >= 0.6 is 11.8 Å². The molecule has 1 fully saturated rings. The maximum absolute atomic E-state index is 13.0. The van der Waals surface area contributed by atoms with E-state index in [1.54, 1.807) is 16.7 Å². The second-order valence-electron chi connectivity index (χ2n) is 7.00. The molecular weight excluding hydrogens is 383 g/mol. The molecule has 0 aromatic heterocycles. The smallest absolute Gasteiger partial charge is 0.322 e. The molecule has 0 N–H and O–H groups in total. The van der Waals surface area contributed by atoms with Crippen LogP contribution in [0, 0.1) is 0 Å². The van der Waals surface area contributed by atoms with Crippen molar-refractivity contribution in [1.29, 1.82) is 0 Å². The van der Waals surface area contributed by atoms with Gasteiger partial charge >= 0.3 is 6.18 Å². The number of rotatable bonds is 6. The average Bonchev–Trinajstić information content (AvgIpc) is 3.17. The van der Waals surface area contributed by atoms with Gasteiger partial charge in [0.1, 0.15) is 5.37 Å². The summed E-state index contributed by atoms with van der Waals surface area (Å²) in [4.78, 5) is 14.7. The zero-order valence-corrected chi connectivity index (χ0v) is 16.7. The van der Waals surface area contributed by atoms with Gasteiger partial charge < -0.3 is 4.90 Å². The first-order chi connectivity index (χ1) is 13.4. The van der Waals surface area contributed by atoms with E-state index in [4.69, 9.17) is 0 Å². The van der Waals surface area contributed by atoms with Crippen molar-refractivity contribution < 1.29 is 18.0 Å². The molecule has 150 valence electrons. The van der Waals surface area contributed by atoms with E-state index in [0.29, 0.717) is 12.1 Å². The van der Waals surface area contributed by atoms with Crippen LogP contribution in [0.5, 0.6) is 0 Å². The van der Waals surface area contributed by atoms with Gasteiger partial charge in [-0.3, -0.25) is 4.79 Å². The van der Waals surface area contributed by atoms with E-state index in [1.807, 2.05) is 24.3 Å². The molecule has 0 radical (unpaired) electrons. The van der Waals surface area contributed by atoms with Gasteiger partial charge in [-0.15, -0.1) is 11.8 Å². The monoisotopic (exact) mass is 407 g/mol. The van der Waals surface area contributed by atoms with E-state index >= 15 is 0 Å². The third kappa shape index (κ3) is 4.90. The molecule has 0 spiro atoms. The first-order valence-electron chi connectivity index (χ1n) is 9.59. The number of benzene rings is 2. The van der Waals surface area contributed by atoms with Crippen LogP contribution in [-0.4, -0.2) is 23.1 Å². The van der Waals surface area contributed by atoms with Gasteiger partial charge in [-0.25, -0.2) is 0 Å². The maximum Gasteiger partial charge on any atom is 0.416 e. The van der Waals surface area contributed by atoms with Crippen LogP contribution in [0.3, 0.4) is 0 Å². The molecule has 6 heteroatoms. The number of hydrogen-bond donors (Lipinski definition) is 0. The lowest BCUT2D eigenvalue weighted by molar-refractivity contribution is -0.137. The first kappa shape index (κ1) is 20.8. The molecule has 1 heterocycles. The van der Waals surface area contributed by atoms with Gasteiger partial charge in [0.15, 0.2) is 0 Å². The lowest BCUT2D eigenvalue weighted by atomic mass is 10.0. The molecule has 1 aliphatic rings. The van der Waals surface area contributed by atoms with Crippen LogP contribution < -0.4 is 0 Å². The number of alkyl halides is 3. The molecule has 0 bridgehead atoms. The minimum atomic E-state index is -4.35. The second-order valence-corrected chi connectivity index (χ2v) is 8.18. The predicted octanol–water partition coefficient (Wildman–Crippen LogP) is 6.33. The molecule has 1 unspecified atom stereocenters. The third-order valence-electron chi connectivity index (χ3n) is 4.94. The Hall–Kier alpha value is -1.95. The number of thioether (sulfide) groups is 1. The number of carbonyl (C=O) groups excluding carboxylic acids is 1. The van der Waals surface area contributed by atoms with Crippen molar-refractivity contribution in [3.63, 3.8) is 0 Å². The number of nitrogens with zero attached hydrogens (tertiary/aromatic N) is 1. The van der Waals surface area contributed by atoms with Gasteiger partial charge in [-0.1, -0.05) is 44.0 Å². The number of halogens is 3. The summed E-state index contributed by atoms with van der Waals surface area (Å²) in [6.45, 7) is 2.76. The van der Waals surface area contributed by atoms with E-state index in [9.17, 15) is 18.0 Å². The molecule has 0 aliphatic carbocycles. The van der Waals surface area contributed by atoms with Crippen molar-refractivity contribution in [1.82, 2.24) is 4.90 Å². The molecule has 1 atom stereocenters. The van der Waals surface area contributed by atoms with E-state index in [-0.39, 0.29) is 11.3 Å². The molecule has 2 aromatic rings. The average molecular weight is 408 g/mol. The highest BCUT2D eigenvalue weighted by Gasteiger charge is 2.33. The summed E-state index contributed by atoms with van der Waals surface area (Å²) >= 11 is 1.58. The normalized spacial score (nSPS) is 17.1. The molecule has 2 nitrogen and oxygen atoms in total. The molecule has 28 heavy (non-hydrogen) atoms. The summed E-state index contributed by atoms with van der Waals surface area (Å²) in [5, 5.41) is -0.251. The van der Waals surface area contributed by atoms with Crippen molar-refractivity contribution in [3.8, 4) is 0 Å². The van der Waals surface area contributed by atoms with Crippen molar-refractivity contribution in [2.24, 2.45) is 0 Å². The van der Waals surface area contributed by atoms with Crippen LogP contribution in [0.4, 0.5) is 13.2 Å². The first-order valence-corrected chi connectivity index (χ1v) is 10.6. The highest BCUT2D eigenvalue weighted by atomic mass is 32.2. The minimum absolute atomic E-state index is 0.0741. The Morgan fingerprint density at radius 2 is 1.75 bits per heavy atom. The van der Waals surface area contributed by atoms with Crippen molar-refractivity contribution in [3.05, 3.63) is 70.8 Å². The number of carbonyl (C=O) groups is 1. The Morgan fingerprint density at radius 3 is 2.36 bits per heavy atom. The maximum atomic E-state index is 13.0. The van der Waals surface area contributed by atoms with Crippen LogP contribution in [-0.2, 0) is 12.6 Å². The molecule has 1 aliphatic heterocycles. The molecular formula is C22H24F3NOS. The fraction of sp³-hybridized carbons (Fsp3) is 0.409. The lowest BCUT2D eigenvalue weighted by Gasteiger charge is -2.24. The molecule has 1 amide bonds. The van der Waals surface area contributed by atoms with Crippen LogP contribution in [0.25, 0.3) is 0 Å². The number of aryl methyl sites for hydroxylation is 1. The largest absolute Gasteiger partial charge is 0.416 e. The Labute approximate surface area is 168 Å². The summed E-state index contributed by atoms with van der Waals surface area (Å²) in [5.41, 5.74) is 1.90. The SMILES string of the molecule is CCCCCc1ccc(C(=O)N2CCSC2c2ccc(C(F)(F)F)cc2)cc1. The standard InChI is InChI=1S/C22H24F3NOS/c1-2-3-4-5-16-6-8-17(9-7-16)20(27)26-14-15-28-21(26)18-10-12-19(13-11-18)22(23,24)25/h6-13,21H,2-5,14-15H2,1H3. The zero-order chi connectivity index (χ0) is 20.1. The fourth-order valence-corrected chi connectivity index (χ4v) is 4.61. The highest BCUT2D eigenvalue weighted by Crippen LogP contribution is 2.40. The van der Waals surface area contributed by atoms with E-state index in [1.165, 1.54) is 30.5 Å². The topological polar surface area (TPSA) is 20.3 Å². The van der Waals surface area contributed by atoms with Gasteiger partial charge in [-0.05, 0) is 48.2 Å². The van der Waals surface area contributed by atoms with E-state index in [0.717, 1.165) is 36.3 Å². The Balaban J connectivity index is 1.70. The summed E-state index contributed by atoms with van der Waals surface area (Å²) in [7, 11) is 0. The van der Waals surface area contributed by atoms with Gasteiger partial charge in [0.25, 0.3) is 5.91 Å². The van der Waals surface area contributed by atoms with Crippen LogP contribution in [0.1, 0.15) is 58.6 Å². The van der Waals surface area contributed by atoms with Crippen molar-refractivity contribution in [2.75, 3.05) is 12.3 Å². The second kappa shape index (κ2) is 9.03. The predicted molar refractivity (Wildman–Crippen MR) is 107 cm³/mol. The quantitative estimate of drug-likeness (QED) is 0.522. The summed E-state index contributed by atoms with van der Waals surface area (Å²) in [6, 6.07) is 12.8. The number of unbranched alkanes of at least 4 members (excludes halogenated alkanes) is 2. The van der Waals surface area contributed by atoms with Gasteiger partial charge in [0, 0.05) is 17.9 Å². The molecule has 1 saturated heterocycles. The fourth-order valence-electron chi connectivity index (χ4n) is 3.35.